The fourth-order valence-electron chi connectivity index (χ4n) is 0.472. The topological polar surface area (TPSA) is 43.1 Å². The number of hydrogen-bond donors (Lipinski definition) is 1. The molecule has 0 saturated carbocycles. The summed E-state index contributed by atoms with van der Waals surface area (Å²) in [5, 5.41) is 0. The van der Waals surface area contributed by atoms with Crippen LogP contribution in [0.1, 0.15) is 19.8 Å². The molecule has 2 N–H and O–H groups in total. The minimum absolute atomic E-state index is 0.0762. The molecule has 0 aliphatic rings. The number of carbonyl (C=O) groups is 1. The Bertz CT molecular complexity index is 107. The maximum atomic E-state index is 10.5. The predicted octanol–water partition coefficient (Wildman–Crippen LogP) is 0.869. The van der Waals surface area contributed by atoms with Crippen molar-refractivity contribution in [1.29, 1.82) is 0 Å². The van der Waals surface area contributed by atoms with Gasteiger partial charge in [-0.1, -0.05) is 6.58 Å². The number of rotatable bonds is 4. The first-order valence-electron chi connectivity index (χ1n) is 3.07. The number of hydrogen-bond acceptors (Lipinski definition) is 2. The highest BCUT2D eigenvalue weighted by atomic mass is 16.1. The standard InChI is InChI=1S/C7H13NO/c1-3-7(9)5-4-6(2)8/h3,6H,1,4-5,8H2,2H3. The molecule has 0 bridgehead atoms. The Labute approximate surface area is 55.7 Å². The smallest absolute Gasteiger partial charge is 0.155 e. The number of carbonyl (C=O) groups excluding carboxylic acids is 1. The van der Waals surface area contributed by atoms with Crippen LogP contribution in [-0.4, -0.2) is 11.8 Å². The van der Waals surface area contributed by atoms with Crippen LogP contribution >= 0.6 is 0 Å². The summed E-state index contributed by atoms with van der Waals surface area (Å²) in [6.07, 6.45) is 2.62. The van der Waals surface area contributed by atoms with Crippen molar-refractivity contribution < 1.29 is 4.79 Å². The van der Waals surface area contributed by atoms with Crippen molar-refractivity contribution in [3.8, 4) is 0 Å². The first-order chi connectivity index (χ1) is 4.16. The Balaban J connectivity index is 3.27. The van der Waals surface area contributed by atoms with Gasteiger partial charge in [0, 0.05) is 12.5 Å². The number of ketones is 1. The molecular formula is C7H13NO. The van der Waals surface area contributed by atoms with Crippen LogP contribution in [0.15, 0.2) is 12.7 Å². The summed E-state index contributed by atoms with van der Waals surface area (Å²) in [5.41, 5.74) is 5.41. The molecule has 0 aromatic rings. The Morgan fingerprint density at radius 3 is 2.78 bits per heavy atom. The molecule has 0 rings (SSSR count). The molecule has 0 aliphatic carbocycles. The Hall–Kier alpha value is -0.630. The SMILES string of the molecule is C=CC(=O)CCC(C)N. The average molecular weight is 127 g/mol. The molecule has 0 heterocycles. The van der Waals surface area contributed by atoms with Crippen molar-refractivity contribution in [2.75, 3.05) is 0 Å². The van der Waals surface area contributed by atoms with E-state index >= 15 is 0 Å². The van der Waals surface area contributed by atoms with Gasteiger partial charge in [-0.2, -0.15) is 0 Å². The van der Waals surface area contributed by atoms with Gasteiger partial charge < -0.3 is 5.73 Å². The van der Waals surface area contributed by atoms with Crippen molar-refractivity contribution in [3.63, 3.8) is 0 Å². The molecule has 0 amide bonds. The molecule has 1 unspecified atom stereocenters. The summed E-state index contributed by atoms with van der Waals surface area (Å²) in [7, 11) is 0. The minimum atomic E-state index is 0.0762. The van der Waals surface area contributed by atoms with Gasteiger partial charge in [0.15, 0.2) is 5.78 Å². The van der Waals surface area contributed by atoms with Gasteiger partial charge in [0.05, 0.1) is 0 Å². The lowest BCUT2D eigenvalue weighted by atomic mass is 10.1. The van der Waals surface area contributed by atoms with Crippen molar-refractivity contribution in [2.24, 2.45) is 5.73 Å². The van der Waals surface area contributed by atoms with Crippen LogP contribution in [0.5, 0.6) is 0 Å². The quantitative estimate of drug-likeness (QED) is 0.569. The van der Waals surface area contributed by atoms with Gasteiger partial charge in [0.25, 0.3) is 0 Å². The van der Waals surface area contributed by atoms with Crippen LogP contribution in [0.4, 0.5) is 0 Å². The zero-order chi connectivity index (χ0) is 7.28. The maximum Gasteiger partial charge on any atom is 0.155 e. The third-order valence-electron chi connectivity index (χ3n) is 1.07. The van der Waals surface area contributed by atoms with Gasteiger partial charge in [-0.05, 0) is 19.4 Å². The summed E-state index contributed by atoms with van der Waals surface area (Å²) in [6, 6.07) is 0.119. The summed E-state index contributed by atoms with van der Waals surface area (Å²) < 4.78 is 0. The van der Waals surface area contributed by atoms with E-state index in [1.54, 1.807) is 0 Å². The normalized spacial score (nSPS) is 12.7. The third-order valence-corrected chi connectivity index (χ3v) is 1.07. The highest BCUT2D eigenvalue weighted by Gasteiger charge is 1.97. The largest absolute Gasteiger partial charge is 0.328 e. The highest BCUT2D eigenvalue weighted by Crippen LogP contribution is 1.94. The van der Waals surface area contributed by atoms with Gasteiger partial charge in [-0.15, -0.1) is 0 Å². The van der Waals surface area contributed by atoms with E-state index in [9.17, 15) is 4.79 Å². The molecule has 9 heavy (non-hydrogen) atoms. The minimum Gasteiger partial charge on any atom is -0.328 e. The summed E-state index contributed by atoms with van der Waals surface area (Å²) in [5.74, 6) is 0.0762. The van der Waals surface area contributed by atoms with Gasteiger partial charge in [0.1, 0.15) is 0 Å². The molecule has 1 atom stereocenters. The van der Waals surface area contributed by atoms with E-state index in [4.69, 9.17) is 5.73 Å². The van der Waals surface area contributed by atoms with Crippen molar-refractivity contribution in [2.45, 2.75) is 25.8 Å². The van der Waals surface area contributed by atoms with Gasteiger partial charge >= 0.3 is 0 Å². The third kappa shape index (κ3) is 5.24. The molecular weight excluding hydrogens is 114 g/mol. The molecule has 0 radical (unpaired) electrons. The lowest BCUT2D eigenvalue weighted by Crippen LogP contribution is -2.15. The van der Waals surface area contributed by atoms with E-state index in [0.717, 1.165) is 6.42 Å². The monoisotopic (exact) mass is 127 g/mol. The van der Waals surface area contributed by atoms with Crippen LogP contribution in [-0.2, 0) is 4.79 Å². The number of nitrogens with two attached hydrogens (primary N) is 1. The van der Waals surface area contributed by atoms with E-state index < -0.39 is 0 Å². The van der Waals surface area contributed by atoms with E-state index in [0.29, 0.717) is 6.42 Å². The summed E-state index contributed by atoms with van der Waals surface area (Å²) in [6.45, 7) is 5.23. The van der Waals surface area contributed by atoms with Crippen molar-refractivity contribution in [1.82, 2.24) is 0 Å². The molecule has 52 valence electrons. The van der Waals surface area contributed by atoms with Crippen LogP contribution in [0, 0.1) is 0 Å². The molecule has 0 fully saturated rings. The first-order valence-corrected chi connectivity index (χ1v) is 3.07. The first kappa shape index (κ1) is 8.37. The highest BCUT2D eigenvalue weighted by molar-refractivity contribution is 5.88. The van der Waals surface area contributed by atoms with Gasteiger partial charge in [0.2, 0.25) is 0 Å². The fraction of sp³-hybridized carbons (Fsp3) is 0.571. The molecule has 2 heteroatoms. The van der Waals surface area contributed by atoms with E-state index in [-0.39, 0.29) is 11.8 Å². The number of allylic oxidation sites excluding steroid dienone is 1. The summed E-state index contributed by atoms with van der Waals surface area (Å²) >= 11 is 0. The molecule has 0 spiro atoms. The average Bonchev–Trinajstić information content (AvgIpc) is 1.83. The van der Waals surface area contributed by atoms with Crippen LogP contribution in [0.25, 0.3) is 0 Å². The van der Waals surface area contributed by atoms with Gasteiger partial charge in [-0.25, -0.2) is 0 Å². The van der Waals surface area contributed by atoms with Crippen LogP contribution in [0.3, 0.4) is 0 Å². The Kier molecular flexibility index (Phi) is 3.97. The van der Waals surface area contributed by atoms with Gasteiger partial charge in [-0.3, -0.25) is 4.79 Å². The molecule has 2 nitrogen and oxygen atoms in total. The van der Waals surface area contributed by atoms with E-state index in [1.807, 2.05) is 6.92 Å². The van der Waals surface area contributed by atoms with Crippen molar-refractivity contribution >= 4 is 5.78 Å². The molecule has 0 aliphatic heterocycles. The van der Waals surface area contributed by atoms with Crippen LogP contribution < -0.4 is 5.73 Å². The second-order valence-corrected chi connectivity index (χ2v) is 2.19. The zero-order valence-corrected chi connectivity index (χ0v) is 5.76. The Morgan fingerprint density at radius 1 is 1.89 bits per heavy atom. The van der Waals surface area contributed by atoms with Crippen LogP contribution in [0.2, 0.25) is 0 Å². The lowest BCUT2D eigenvalue weighted by molar-refractivity contribution is -0.114. The van der Waals surface area contributed by atoms with E-state index in [1.165, 1.54) is 6.08 Å². The Morgan fingerprint density at radius 2 is 2.44 bits per heavy atom. The molecule has 0 saturated heterocycles. The zero-order valence-electron chi connectivity index (χ0n) is 5.76. The molecule has 0 aromatic carbocycles. The second-order valence-electron chi connectivity index (χ2n) is 2.19. The lowest BCUT2D eigenvalue weighted by Gasteiger charge is -1.99. The maximum absolute atomic E-state index is 10.5. The fourth-order valence-corrected chi connectivity index (χ4v) is 0.472. The van der Waals surface area contributed by atoms with Crippen molar-refractivity contribution in [3.05, 3.63) is 12.7 Å². The predicted molar refractivity (Wildman–Crippen MR) is 38.1 cm³/mol. The molecule has 0 aromatic heterocycles. The second kappa shape index (κ2) is 4.27. The van der Waals surface area contributed by atoms with E-state index in [2.05, 4.69) is 6.58 Å². The summed E-state index contributed by atoms with van der Waals surface area (Å²) in [4.78, 5) is 10.5.